The van der Waals surface area contributed by atoms with Crippen LogP contribution in [0.4, 0.5) is 0 Å². The summed E-state index contributed by atoms with van der Waals surface area (Å²) < 4.78 is 27.0. The Labute approximate surface area is 101 Å². The molecule has 0 radical (unpaired) electrons. The third-order valence-corrected chi connectivity index (χ3v) is 2.65. The van der Waals surface area contributed by atoms with E-state index in [1.165, 1.54) is 0 Å². The first kappa shape index (κ1) is 13.6. The van der Waals surface area contributed by atoms with Crippen molar-refractivity contribution in [2.45, 2.75) is 13.3 Å². The average Bonchev–Trinajstić information content (AvgIpc) is 2.19. The Balaban J connectivity index is 2.88. The van der Waals surface area contributed by atoms with Gasteiger partial charge in [0.05, 0.1) is 12.8 Å². The predicted molar refractivity (Wildman–Crippen MR) is 65.4 cm³/mol. The normalized spacial score (nSPS) is 13.1. The molecule has 0 bridgehead atoms. The molecule has 6 heteroatoms. The quantitative estimate of drug-likeness (QED) is 0.577. The molecule has 17 heavy (non-hydrogen) atoms. The summed E-state index contributed by atoms with van der Waals surface area (Å²) in [5.41, 5.74) is 0.758. The van der Waals surface area contributed by atoms with Gasteiger partial charge in [0.15, 0.2) is 0 Å². The van der Waals surface area contributed by atoms with Crippen LogP contribution >= 0.6 is 0 Å². The van der Waals surface area contributed by atoms with Crippen molar-refractivity contribution in [1.82, 2.24) is 0 Å². The van der Waals surface area contributed by atoms with Crippen LogP contribution in [0.5, 0.6) is 5.75 Å². The van der Waals surface area contributed by atoms with E-state index in [4.69, 9.17) is 4.18 Å². The third-order valence-electron chi connectivity index (χ3n) is 2.17. The van der Waals surface area contributed by atoms with Crippen molar-refractivity contribution < 1.29 is 12.6 Å². The van der Waals surface area contributed by atoms with E-state index >= 15 is 0 Å². The highest BCUT2D eigenvalue weighted by atomic mass is 32.2. The fourth-order valence-electron chi connectivity index (χ4n) is 1.48. The van der Waals surface area contributed by atoms with Gasteiger partial charge in [-0.3, -0.25) is 0 Å². The molecule has 94 valence electrons. The van der Waals surface area contributed by atoms with Crippen LogP contribution in [0.2, 0.25) is 0 Å². The van der Waals surface area contributed by atoms with Crippen molar-refractivity contribution in [2.24, 2.45) is 11.1 Å². The molecule has 0 saturated heterocycles. The molecule has 0 aliphatic heterocycles. The van der Waals surface area contributed by atoms with Gasteiger partial charge in [0, 0.05) is 0 Å². The molecule has 1 aromatic rings. The molecule has 0 aromatic heterocycles. The van der Waals surface area contributed by atoms with Crippen LogP contribution < -0.4 is 4.18 Å². The predicted octanol–water partition coefficient (Wildman–Crippen LogP) is 1.97. The first-order valence-electron chi connectivity index (χ1n) is 5.19. The smallest absolute Gasteiger partial charge is 0.306 e. The highest BCUT2D eigenvalue weighted by Gasteiger charge is 2.12. The van der Waals surface area contributed by atoms with E-state index in [1.54, 1.807) is 24.3 Å². The van der Waals surface area contributed by atoms with Crippen LogP contribution in [-0.2, 0) is 16.5 Å². The van der Waals surface area contributed by atoms with Crippen LogP contribution in [-0.4, -0.2) is 21.2 Å². The number of hydrogen-bond donors (Lipinski definition) is 0. The van der Waals surface area contributed by atoms with Crippen molar-refractivity contribution in [2.75, 3.05) is 12.8 Å². The second-order valence-electron chi connectivity index (χ2n) is 4.02. The standard InChI is InChI=1S/C11H15NO4S/c1-9(8-12-13)7-10-5-3-4-6-11(10)16-17(2,14)15/h3-6,9H,7-8H2,1-2H3/t9-/m1/s1. The maximum atomic E-state index is 11.1. The van der Waals surface area contributed by atoms with E-state index < -0.39 is 10.1 Å². The zero-order chi connectivity index (χ0) is 12.9. The number of hydrogen-bond acceptors (Lipinski definition) is 5. The molecular formula is C11H15NO4S. The molecular weight excluding hydrogens is 242 g/mol. The van der Waals surface area contributed by atoms with Gasteiger partial charge in [-0.2, -0.15) is 13.3 Å². The number of rotatable bonds is 6. The second-order valence-corrected chi connectivity index (χ2v) is 5.59. The van der Waals surface area contributed by atoms with E-state index in [2.05, 4.69) is 5.18 Å². The van der Waals surface area contributed by atoms with E-state index in [9.17, 15) is 13.3 Å². The molecule has 0 amide bonds. The van der Waals surface area contributed by atoms with Gasteiger partial charge in [-0.25, -0.2) is 0 Å². The van der Waals surface area contributed by atoms with Crippen LogP contribution in [0.1, 0.15) is 12.5 Å². The van der Waals surface area contributed by atoms with Crippen molar-refractivity contribution in [3.8, 4) is 5.75 Å². The van der Waals surface area contributed by atoms with Crippen LogP contribution in [0.25, 0.3) is 0 Å². The molecule has 0 aliphatic rings. The minimum absolute atomic E-state index is 0.0526. The summed E-state index contributed by atoms with van der Waals surface area (Å²) in [6.45, 7) is 2.08. The summed E-state index contributed by atoms with van der Waals surface area (Å²) >= 11 is 0. The maximum absolute atomic E-state index is 11.1. The third kappa shape index (κ3) is 4.95. The Hall–Kier alpha value is -1.43. The summed E-state index contributed by atoms with van der Waals surface area (Å²) in [6, 6.07) is 6.87. The van der Waals surface area contributed by atoms with Gasteiger partial charge in [0.1, 0.15) is 5.75 Å². The molecule has 0 unspecified atom stereocenters. The summed E-state index contributed by atoms with van der Waals surface area (Å²) in [7, 11) is -3.53. The first-order valence-corrected chi connectivity index (χ1v) is 7.00. The molecule has 5 nitrogen and oxygen atoms in total. The van der Waals surface area contributed by atoms with E-state index in [0.717, 1.165) is 11.8 Å². The molecule has 1 aromatic carbocycles. The van der Waals surface area contributed by atoms with Crippen molar-refractivity contribution >= 4 is 10.1 Å². The Morgan fingerprint density at radius 3 is 2.59 bits per heavy atom. The van der Waals surface area contributed by atoms with E-state index in [0.29, 0.717) is 12.2 Å². The first-order chi connectivity index (χ1) is 7.92. The van der Waals surface area contributed by atoms with Gasteiger partial charge < -0.3 is 4.18 Å². The Morgan fingerprint density at radius 1 is 1.35 bits per heavy atom. The summed E-state index contributed by atoms with van der Waals surface area (Å²) in [5, 5.41) is 2.83. The molecule has 0 spiro atoms. The Kier molecular flexibility index (Phi) is 4.62. The van der Waals surface area contributed by atoms with Crippen molar-refractivity contribution in [3.05, 3.63) is 34.7 Å². The molecule has 0 saturated carbocycles. The highest BCUT2D eigenvalue weighted by Crippen LogP contribution is 2.22. The topological polar surface area (TPSA) is 72.8 Å². The summed E-state index contributed by atoms with van der Waals surface area (Å²) in [5.74, 6) is 0.365. The van der Waals surface area contributed by atoms with Gasteiger partial charge in [0.2, 0.25) is 0 Å². The zero-order valence-corrected chi connectivity index (χ0v) is 10.6. The van der Waals surface area contributed by atoms with Gasteiger partial charge in [-0.05, 0) is 24.0 Å². The molecule has 1 rings (SSSR count). The zero-order valence-electron chi connectivity index (χ0n) is 9.79. The highest BCUT2D eigenvalue weighted by molar-refractivity contribution is 7.86. The van der Waals surface area contributed by atoms with Crippen molar-refractivity contribution in [1.29, 1.82) is 0 Å². The second kappa shape index (κ2) is 5.77. The van der Waals surface area contributed by atoms with Crippen LogP contribution in [0.15, 0.2) is 29.4 Å². The SMILES string of the molecule is C[C@@H](CN=O)Cc1ccccc1OS(C)(=O)=O. The minimum Gasteiger partial charge on any atom is -0.382 e. The molecule has 0 fully saturated rings. The number of nitrogens with zero attached hydrogens (tertiary/aromatic N) is 1. The molecule has 0 heterocycles. The number of benzene rings is 1. The van der Waals surface area contributed by atoms with Crippen molar-refractivity contribution in [3.63, 3.8) is 0 Å². The fourth-order valence-corrected chi connectivity index (χ4v) is 1.97. The summed E-state index contributed by atoms with van der Waals surface area (Å²) in [6.07, 6.45) is 1.55. The summed E-state index contributed by atoms with van der Waals surface area (Å²) in [4.78, 5) is 10.1. The molecule has 1 atom stereocenters. The lowest BCUT2D eigenvalue weighted by atomic mass is 10.0. The van der Waals surface area contributed by atoms with Crippen LogP contribution in [0, 0.1) is 10.8 Å². The minimum atomic E-state index is -3.53. The number of nitroso groups, excluding NO2 is 1. The van der Waals surface area contributed by atoms with Gasteiger partial charge >= 0.3 is 10.1 Å². The Morgan fingerprint density at radius 2 is 2.00 bits per heavy atom. The van der Waals surface area contributed by atoms with Gasteiger partial charge in [-0.15, -0.1) is 0 Å². The number of para-hydroxylation sites is 1. The Bertz CT molecular complexity index is 484. The monoisotopic (exact) mass is 257 g/mol. The largest absolute Gasteiger partial charge is 0.382 e. The van der Waals surface area contributed by atoms with Gasteiger partial charge in [0.25, 0.3) is 0 Å². The average molecular weight is 257 g/mol. The molecule has 0 N–H and O–H groups in total. The van der Waals surface area contributed by atoms with E-state index in [1.807, 2.05) is 6.92 Å². The lowest BCUT2D eigenvalue weighted by Crippen LogP contribution is -2.10. The van der Waals surface area contributed by atoms with Gasteiger partial charge in [-0.1, -0.05) is 30.3 Å². The van der Waals surface area contributed by atoms with Crippen LogP contribution in [0.3, 0.4) is 0 Å². The van der Waals surface area contributed by atoms with E-state index in [-0.39, 0.29) is 12.5 Å². The molecule has 0 aliphatic carbocycles. The lowest BCUT2D eigenvalue weighted by molar-refractivity contribution is 0.484. The maximum Gasteiger partial charge on any atom is 0.306 e. The lowest BCUT2D eigenvalue weighted by Gasteiger charge is -2.11. The fraction of sp³-hybridized carbons (Fsp3) is 0.455.